The second kappa shape index (κ2) is 19.9. The van der Waals surface area contributed by atoms with E-state index in [0.717, 1.165) is 63.4 Å². The molecule has 4 heterocycles. The fraction of sp³-hybridized carbons (Fsp3) is 0.935. The van der Waals surface area contributed by atoms with Gasteiger partial charge in [-0.3, -0.25) is 0 Å². The Kier molecular flexibility index (Phi) is 15.6. The third kappa shape index (κ3) is 9.45. The average molecular weight is 885 g/mol. The van der Waals surface area contributed by atoms with E-state index in [0.29, 0.717) is 18.8 Å². The minimum atomic E-state index is -1.01. The molecule has 8 aliphatic rings. The molecule has 62 heavy (non-hydrogen) atoms. The average Bonchev–Trinajstić information content (AvgIpc) is 3.77. The van der Waals surface area contributed by atoms with Crippen molar-refractivity contribution in [2.45, 2.75) is 216 Å². The molecule has 16 nitrogen and oxygen atoms in total. The number of aliphatic hydroxyl groups is 8. The van der Waals surface area contributed by atoms with Gasteiger partial charge in [0.25, 0.3) is 0 Å². The molecule has 4 aliphatic heterocycles. The van der Waals surface area contributed by atoms with Gasteiger partial charge in [0.15, 0.2) is 18.9 Å². The van der Waals surface area contributed by atoms with Crippen molar-refractivity contribution in [3.05, 3.63) is 11.6 Å². The van der Waals surface area contributed by atoms with Crippen LogP contribution in [-0.2, 0) is 38.0 Å². The number of fused-ring (bicyclic) bond motifs is 5. The highest BCUT2D eigenvalue weighted by atomic mass is 16.7. The molecule has 4 aliphatic carbocycles. The van der Waals surface area contributed by atoms with Gasteiger partial charge in [0.1, 0.15) is 24.9 Å². The number of rotatable bonds is 11. The van der Waals surface area contributed by atoms with Crippen LogP contribution in [0.1, 0.15) is 125 Å². The third-order valence-electron chi connectivity index (χ3n) is 16.8. The van der Waals surface area contributed by atoms with Crippen molar-refractivity contribution in [1.29, 1.82) is 0 Å². The molecular formula is C46H76O16. The predicted octanol–water partition coefficient (Wildman–Crippen LogP) is 2.36. The van der Waals surface area contributed by atoms with E-state index in [2.05, 4.69) is 6.92 Å². The summed E-state index contributed by atoms with van der Waals surface area (Å²) in [5.41, 5.74) is -0.892. The van der Waals surface area contributed by atoms with Gasteiger partial charge >= 0.3 is 5.97 Å². The third-order valence-corrected chi connectivity index (χ3v) is 16.8. The molecule has 0 spiro atoms. The second-order valence-electron chi connectivity index (χ2n) is 20.3. The van der Waals surface area contributed by atoms with Gasteiger partial charge in [-0.1, -0.05) is 13.8 Å². The topological polar surface area (TPSA) is 244 Å². The first-order chi connectivity index (χ1) is 29.4. The summed E-state index contributed by atoms with van der Waals surface area (Å²) in [5, 5.41) is 83.3. The van der Waals surface area contributed by atoms with Crippen molar-refractivity contribution in [1.82, 2.24) is 0 Å². The van der Waals surface area contributed by atoms with Gasteiger partial charge in [0.05, 0.1) is 54.4 Å². The van der Waals surface area contributed by atoms with E-state index in [1.54, 1.807) is 19.9 Å². The SMILES string of the molecule is C[C@H]1O[C@@H](O[C@H]2[C@@H](O)C[C@H](O[C@H]3[C@@H](O)C[C@H](O[C@H]4CC[C@@]5(C)[C@H](CC[C@@H]6[C@@H]5C[C@@H](O)[C@]5(C)[C@@H](C7=CC(=O)OC7)CC[C@]65O)C4)O[C@@H]3C)O[C@@H]2C)C[C@H](O)[C@@H]1O.OCCCCCO. The van der Waals surface area contributed by atoms with Crippen LogP contribution < -0.4 is 0 Å². The van der Waals surface area contributed by atoms with Gasteiger partial charge in [-0.05, 0) is 126 Å². The number of carbonyl (C=O) groups excluding carboxylic acids is 1. The van der Waals surface area contributed by atoms with E-state index in [9.17, 15) is 35.4 Å². The van der Waals surface area contributed by atoms with Crippen molar-refractivity contribution in [3.8, 4) is 0 Å². The van der Waals surface area contributed by atoms with Crippen LogP contribution >= 0.6 is 0 Å². The molecule has 0 amide bonds. The first kappa shape index (κ1) is 48.6. The van der Waals surface area contributed by atoms with Crippen molar-refractivity contribution in [2.75, 3.05) is 19.8 Å². The van der Waals surface area contributed by atoms with Crippen molar-refractivity contribution >= 4 is 5.97 Å². The van der Waals surface area contributed by atoms with Gasteiger partial charge in [0, 0.05) is 44.0 Å². The van der Waals surface area contributed by atoms with E-state index in [1.165, 1.54) is 0 Å². The highest BCUT2D eigenvalue weighted by Gasteiger charge is 2.71. The monoisotopic (exact) mass is 885 g/mol. The van der Waals surface area contributed by atoms with Crippen LogP contribution in [0.5, 0.6) is 0 Å². The number of carbonyl (C=O) groups is 1. The highest BCUT2D eigenvalue weighted by Crippen LogP contribution is 2.70. The first-order valence-electron chi connectivity index (χ1n) is 23.6. The maximum atomic E-state index is 12.6. The van der Waals surface area contributed by atoms with Gasteiger partial charge in [0.2, 0.25) is 0 Å². The molecular weight excluding hydrogens is 808 g/mol. The number of aliphatic hydroxyl groups excluding tert-OH is 7. The molecule has 8 N–H and O–H groups in total. The number of cyclic esters (lactones) is 1. The minimum Gasteiger partial charge on any atom is -0.458 e. The number of hydrogen-bond donors (Lipinski definition) is 8. The molecule has 356 valence electrons. The van der Waals surface area contributed by atoms with Crippen LogP contribution in [0.4, 0.5) is 0 Å². The zero-order valence-corrected chi connectivity index (χ0v) is 37.3. The Labute approximate surface area is 366 Å². The molecule has 0 aromatic heterocycles. The predicted molar refractivity (Wildman–Crippen MR) is 221 cm³/mol. The summed E-state index contributed by atoms with van der Waals surface area (Å²) in [4.78, 5) is 11.9. The van der Waals surface area contributed by atoms with Crippen molar-refractivity contribution in [3.63, 3.8) is 0 Å². The van der Waals surface area contributed by atoms with E-state index in [-0.39, 0.29) is 74.3 Å². The molecule has 8 rings (SSSR count). The lowest BCUT2D eigenvalue weighted by molar-refractivity contribution is -0.336. The molecule has 21 atom stereocenters. The summed E-state index contributed by atoms with van der Waals surface area (Å²) in [6.07, 6.45) is 1.07. The fourth-order valence-electron chi connectivity index (χ4n) is 13.2. The van der Waals surface area contributed by atoms with Crippen LogP contribution in [0, 0.1) is 34.5 Å². The van der Waals surface area contributed by atoms with Crippen LogP contribution in [0.2, 0.25) is 0 Å². The number of ether oxygens (including phenoxy) is 7. The maximum Gasteiger partial charge on any atom is 0.331 e. The Morgan fingerprint density at radius 2 is 1.26 bits per heavy atom. The van der Waals surface area contributed by atoms with Crippen LogP contribution in [0.25, 0.3) is 0 Å². The zero-order chi connectivity index (χ0) is 44.7. The summed E-state index contributed by atoms with van der Waals surface area (Å²) >= 11 is 0. The normalized spacial score (nSPS) is 50.3. The van der Waals surface area contributed by atoms with Gasteiger partial charge in [-0.25, -0.2) is 4.79 Å². The maximum absolute atomic E-state index is 12.6. The molecule has 7 fully saturated rings. The number of unbranched alkanes of at least 4 members (excludes halogenated alkanes) is 2. The quantitative estimate of drug-likeness (QED) is 0.0844. The van der Waals surface area contributed by atoms with Crippen molar-refractivity contribution in [2.24, 2.45) is 34.5 Å². The molecule has 4 saturated carbocycles. The Morgan fingerprint density at radius 1 is 0.677 bits per heavy atom. The largest absolute Gasteiger partial charge is 0.458 e. The van der Waals surface area contributed by atoms with E-state index >= 15 is 0 Å². The van der Waals surface area contributed by atoms with Crippen LogP contribution in [0.3, 0.4) is 0 Å². The molecule has 0 unspecified atom stereocenters. The Bertz CT molecular complexity index is 1490. The molecule has 0 aromatic rings. The first-order valence-corrected chi connectivity index (χ1v) is 23.6. The molecule has 0 radical (unpaired) electrons. The number of esters is 1. The van der Waals surface area contributed by atoms with E-state index < -0.39 is 90.9 Å². The molecule has 0 aromatic carbocycles. The summed E-state index contributed by atoms with van der Waals surface area (Å²) in [6.45, 7) is 10.4. The number of hydrogen-bond acceptors (Lipinski definition) is 16. The molecule has 0 bridgehead atoms. The Balaban J connectivity index is 0.000000762. The molecule has 16 heteroatoms. The van der Waals surface area contributed by atoms with E-state index in [4.69, 9.17) is 43.4 Å². The van der Waals surface area contributed by atoms with Gasteiger partial charge in [-0.15, -0.1) is 0 Å². The summed E-state index contributed by atoms with van der Waals surface area (Å²) in [6, 6.07) is 0. The summed E-state index contributed by atoms with van der Waals surface area (Å²) < 4.78 is 42.1. The lowest BCUT2D eigenvalue weighted by Gasteiger charge is -2.65. The minimum absolute atomic E-state index is 0.0452. The summed E-state index contributed by atoms with van der Waals surface area (Å²) in [7, 11) is 0. The highest BCUT2D eigenvalue weighted by molar-refractivity contribution is 5.85. The zero-order valence-electron chi connectivity index (χ0n) is 37.3. The Hall–Kier alpha value is -1.35. The Morgan fingerprint density at radius 3 is 1.81 bits per heavy atom. The lowest BCUT2D eigenvalue weighted by Crippen LogP contribution is -2.67. The lowest BCUT2D eigenvalue weighted by atomic mass is 9.42. The summed E-state index contributed by atoms with van der Waals surface area (Å²) in [5.74, 6) is 0.204. The van der Waals surface area contributed by atoms with Crippen LogP contribution in [-0.4, -0.2) is 158 Å². The second-order valence-corrected chi connectivity index (χ2v) is 20.3. The molecule has 3 saturated heterocycles. The van der Waals surface area contributed by atoms with Crippen molar-refractivity contribution < 1.29 is 78.8 Å². The van der Waals surface area contributed by atoms with Gasteiger partial charge < -0.3 is 74.0 Å². The smallest absolute Gasteiger partial charge is 0.331 e. The fourth-order valence-corrected chi connectivity index (χ4v) is 13.2. The standard InChI is InChI=1S/C41H64O14.C5H12O2/c1-19-36(47)28(42)15-34(50-19)54-38-21(3)52-35(17-30(38)44)55-37-20(2)51-33(16-29(37)43)53-24-8-10-39(4)23(13-24)6-7-26-27(39)14-31(45)40(5)25(9-11-41(26,40)48)22-12-32(46)49-18-22;6-4-2-1-3-5-7/h12,19-21,23-31,33-38,42-45,47-48H,6-11,13-18H2,1-5H3;6-7H,1-5H2/t19-,20-,21-,23-,24+,25-,26-,27+,28+,29+,30+,31-,33+,34+,35+,36-,37-,38-,39+,40+,41+;/m1./s1. The van der Waals surface area contributed by atoms with E-state index in [1.807, 2.05) is 13.8 Å². The van der Waals surface area contributed by atoms with Gasteiger partial charge in [-0.2, -0.15) is 0 Å². The van der Waals surface area contributed by atoms with Crippen LogP contribution in [0.15, 0.2) is 11.6 Å².